The molecular formula is C12H12O4. The van der Waals surface area contributed by atoms with Gasteiger partial charge in [-0.15, -0.1) is 0 Å². The lowest BCUT2D eigenvalue weighted by Crippen LogP contribution is -2.15. The van der Waals surface area contributed by atoms with Crippen LogP contribution in [0.5, 0.6) is 5.75 Å². The normalized spacial score (nSPS) is 14.4. The molecule has 1 aromatic carbocycles. The van der Waals surface area contributed by atoms with E-state index in [9.17, 15) is 9.59 Å². The number of aliphatic carboxylic acids is 1. The highest BCUT2D eigenvalue weighted by Crippen LogP contribution is 2.29. The molecule has 0 fully saturated rings. The molecule has 84 valence electrons. The molecule has 1 aliphatic carbocycles. The molecular weight excluding hydrogens is 208 g/mol. The maximum Gasteiger partial charge on any atom is 0.341 e. The first-order valence-electron chi connectivity index (χ1n) is 5.18. The van der Waals surface area contributed by atoms with E-state index in [4.69, 9.17) is 9.84 Å². The van der Waals surface area contributed by atoms with Crippen LogP contribution in [0.15, 0.2) is 18.2 Å². The van der Waals surface area contributed by atoms with E-state index in [1.54, 1.807) is 18.2 Å². The molecule has 0 atom stereocenters. The highest BCUT2D eigenvalue weighted by atomic mass is 16.5. The van der Waals surface area contributed by atoms with Crippen LogP contribution in [0, 0.1) is 0 Å². The van der Waals surface area contributed by atoms with E-state index >= 15 is 0 Å². The van der Waals surface area contributed by atoms with Crippen LogP contribution < -0.4 is 4.74 Å². The van der Waals surface area contributed by atoms with E-state index in [0.29, 0.717) is 17.7 Å². The predicted molar refractivity (Wildman–Crippen MR) is 56.8 cm³/mol. The summed E-state index contributed by atoms with van der Waals surface area (Å²) in [6.45, 7) is -0.370. The molecule has 4 heteroatoms. The van der Waals surface area contributed by atoms with Crippen molar-refractivity contribution in [2.75, 3.05) is 6.61 Å². The summed E-state index contributed by atoms with van der Waals surface area (Å²) in [6, 6.07) is 5.20. The average molecular weight is 220 g/mol. The summed E-state index contributed by atoms with van der Waals surface area (Å²) in [5, 5.41) is 8.54. The zero-order valence-corrected chi connectivity index (χ0v) is 8.73. The Kier molecular flexibility index (Phi) is 2.90. The Balaban J connectivity index is 2.29. The lowest BCUT2D eigenvalue weighted by atomic mass is 9.90. The van der Waals surface area contributed by atoms with Crippen molar-refractivity contribution < 1.29 is 19.4 Å². The molecule has 0 spiro atoms. The van der Waals surface area contributed by atoms with Gasteiger partial charge in [0.25, 0.3) is 0 Å². The number of carbonyl (C=O) groups is 2. The van der Waals surface area contributed by atoms with Gasteiger partial charge in [-0.2, -0.15) is 0 Å². The number of hydrogen-bond acceptors (Lipinski definition) is 3. The SMILES string of the molecule is O=C(O)COc1cccc2c1CCCC2=O. The fourth-order valence-corrected chi connectivity index (χ4v) is 1.92. The first-order valence-corrected chi connectivity index (χ1v) is 5.18. The third kappa shape index (κ3) is 2.05. The molecule has 1 aromatic rings. The molecule has 1 aliphatic rings. The van der Waals surface area contributed by atoms with Crippen LogP contribution in [0.25, 0.3) is 0 Å². The number of carboxylic acid groups (broad SMARTS) is 1. The molecule has 0 saturated carbocycles. The molecule has 4 nitrogen and oxygen atoms in total. The Morgan fingerprint density at radius 3 is 2.94 bits per heavy atom. The Morgan fingerprint density at radius 1 is 1.38 bits per heavy atom. The van der Waals surface area contributed by atoms with Gasteiger partial charge in [-0.3, -0.25) is 4.79 Å². The van der Waals surface area contributed by atoms with Gasteiger partial charge in [0, 0.05) is 17.5 Å². The number of carboxylic acids is 1. The molecule has 0 heterocycles. The first kappa shape index (κ1) is 10.7. The third-order valence-electron chi connectivity index (χ3n) is 2.62. The number of ether oxygens (including phenoxy) is 1. The summed E-state index contributed by atoms with van der Waals surface area (Å²) in [6.07, 6.45) is 2.14. The molecule has 1 N–H and O–H groups in total. The van der Waals surface area contributed by atoms with Gasteiger partial charge in [0.05, 0.1) is 0 Å². The third-order valence-corrected chi connectivity index (χ3v) is 2.62. The van der Waals surface area contributed by atoms with Crippen LogP contribution in [0.3, 0.4) is 0 Å². The van der Waals surface area contributed by atoms with Crippen molar-refractivity contribution in [3.05, 3.63) is 29.3 Å². The second-order valence-corrected chi connectivity index (χ2v) is 3.74. The van der Waals surface area contributed by atoms with E-state index in [1.165, 1.54) is 0 Å². The number of Topliss-reactive ketones (excluding diaryl/α,β-unsaturated/α-hetero) is 1. The fraction of sp³-hybridized carbons (Fsp3) is 0.333. The van der Waals surface area contributed by atoms with Crippen molar-refractivity contribution in [1.29, 1.82) is 0 Å². The Bertz CT molecular complexity index is 437. The average Bonchev–Trinajstić information content (AvgIpc) is 2.27. The summed E-state index contributed by atoms with van der Waals surface area (Å²) in [7, 11) is 0. The van der Waals surface area contributed by atoms with Gasteiger partial charge in [0.2, 0.25) is 0 Å². The van der Waals surface area contributed by atoms with Crippen molar-refractivity contribution in [3.8, 4) is 5.75 Å². The Labute approximate surface area is 92.8 Å². The highest BCUT2D eigenvalue weighted by Gasteiger charge is 2.20. The van der Waals surface area contributed by atoms with E-state index in [1.807, 2.05) is 0 Å². The van der Waals surface area contributed by atoms with E-state index < -0.39 is 5.97 Å². The van der Waals surface area contributed by atoms with Crippen molar-refractivity contribution in [3.63, 3.8) is 0 Å². The van der Waals surface area contributed by atoms with Crippen molar-refractivity contribution in [2.45, 2.75) is 19.3 Å². The number of hydrogen-bond donors (Lipinski definition) is 1. The largest absolute Gasteiger partial charge is 0.482 e. The quantitative estimate of drug-likeness (QED) is 0.841. The van der Waals surface area contributed by atoms with Crippen molar-refractivity contribution in [1.82, 2.24) is 0 Å². The smallest absolute Gasteiger partial charge is 0.341 e. The second kappa shape index (κ2) is 4.35. The predicted octanol–water partition coefficient (Wildman–Crippen LogP) is 1.67. The molecule has 0 amide bonds. The summed E-state index contributed by atoms with van der Waals surface area (Å²) in [5.74, 6) is -0.380. The first-order chi connectivity index (χ1) is 7.68. The Hall–Kier alpha value is -1.84. The molecule has 0 bridgehead atoms. The van der Waals surface area contributed by atoms with E-state index in [0.717, 1.165) is 18.4 Å². The van der Waals surface area contributed by atoms with Gasteiger partial charge in [0.1, 0.15) is 5.75 Å². The number of carbonyl (C=O) groups excluding carboxylic acids is 1. The van der Waals surface area contributed by atoms with Gasteiger partial charge in [0.15, 0.2) is 12.4 Å². The van der Waals surface area contributed by atoms with Gasteiger partial charge < -0.3 is 9.84 Å². The standard InChI is InChI=1S/C12H12O4/c13-10-5-1-4-9-8(10)3-2-6-11(9)16-7-12(14)15/h2-3,6H,1,4-5,7H2,(H,14,15). The summed E-state index contributed by atoms with van der Waals surface area (Å²) in [5.41, 5.74) is 1.52. The van der Waals surface area contributed by atoms with Crippen LogP contribution in [-0.2, 0) is 11.2 Å². The lowest BCUT2D eigenvalue weighted by molar-refractivity contribution is -0.139. The molecule has 0 aromatic heterocycles. The van der Waals surface area contributed by atoms with Crippen molar-refractivity contribution >= 4 is 11.8 Å². The zero-order valence-electron chi connectivity index (χ0n) is 8.73. The Morgan fingerprint density at radius 2 is 2.19 bits per heavy atom. The molecule has 16 heavy (non-hydrogen) atoms. The number of ketones is 1. The zero-order chi connectivity index (χ0) is 11.5. The number of benzene rings is 1. The van der Waals surface area contributed by atoms with E-state index in [-0.39, 0.29) is 12.4 Å². The summed E-state index contributed by atoms with van der Waals surface area (Å²) < 4.78 is 5.16. The van der Waals surface area contributed by atoms with Gasteiger partial charge in [-0.1, -0.05) is 12.1 Å². The van der Waals surface area contributed by atoms with E-state index in [2.05, 4.69) is 0 Å². The van der Waals surface area contributed by atoms with Crippen LogP contribution in [0.1, 0.15) is 28.8 Å². The minimum Gasteiger partial charge on any atom is -0.482 e. The molecule has 0 saturated heterocycles. The molecule has 0 radical (unpaired) electrons. The summed E-state index contributed by atoms with van der Waals surface area (Å²) in [4.78, 5) is 22.0. The van der Waals surface area contributed by atoms with Crippen molar-refractivity contribution in [2.24, 2.45) is 0 Å². The van der Waals surface area contributed by atoms with Crippen LogP contribution in [0.2, 0.25) is 0 Å². The lowest BCUT2D eigenvalue weighted by Gasteiger charge is -2.17. The fourth-order valence-electron chi connectivity index (χ4n) is 1.92. The van der Waals surface area contributed by atoms with Gasteiger partial charge in [-0.05, 0) is 18.9 Å². The minimum absolute atomic E-state index is 0.113. The molecule has 0 unspecified atom stereocenters. The topological polar surface area (TPSA) is 63.6 Å². The second-order valence-electron chi connectivity index (χ2n) is 3.74. The molecule has 0 aliphatic heterocycles. The maximum absolute atomic E-state index is 11.6. The minimum atomic E-state index is -1.01. The van der Waals surface area contributed by atoms with Crippen LogP contribution in [-0.4, -0.2) is 23.5 Å². The summed E-state index contributed by atoms with van der Waals surface area (Å²) >= 11 is 0. The van der Waals surface area contributed by atoms with Gasteiger partial charge in [-0.25, -0.2) is 4.79 Å². The molecule has 2 rings (SSSR count). The number of rotatable bonds is 3. The van der Waals surface area contributed by atoms with Gasteiger partial charge >= 0.3 is 5.97 Å². The monoisotopic (exact) mass is 220 g/mol. The maximum atomic E-state index is 11.6. The number of fused-ring (bicyclic) bond motifs is 1. The van der Waals surface area contributed by atoms with Crippen LogP contribution >= 0.6 is 0 Å². The highest BCUT2D eigenvalue weighted by molar-refractivity contribution is 5.99. The van der Waals surface area contributed by atoms with Crippen LogP contribution in [0.4, 0.5) is 0 Å².